The van der Waals surface area contributed by atoms with Gasteiger partial charge in [0.15, 0.2) is 5.96 Å². The second kappa shape index (κ2) is 11.2. The minimum Gasteiger partial charge on any atom is -0.450 e. The third-order valence-electron chi connectivity index (χ3n) is 5.66. The summed E-state index contributed by atoms with van der Waals surface area (Å²) in [6, 6.07) is 0.204. The first-order chi connectivity index (χ1) is 13.9. The molecule has 0 aromatic carbocycles. The molecular weight excluding hydrogens is 374 g/mol. The van der Waals surface area contributed by atoms with Crippen LogP contribution in [0.5, 0.6) is 0 Å². The van der Waals surface area contributed by atoms with E-state index in [0.717, 1.165) is 32.4 Å². The van der Waals surface area contributed by atoms with Crippen molar-refractivity contribution in [2.24, 2.45) is 10.4 Å². The van der Waals surface area contributed by atoms with Crippen LogP contribution in [0.25, 0.3) is 0 Å². The summed E-state index contributed by atoms with van der Waals surface area (Å²) in [5, 5.41) is 6.89. The van der Waals surface area contributed by atoms with Gasteiger partial charge in [-0.15, -0.1) is 0 Å². The van der Waals surface area contributed by atoms with E-state index in [-0.39, 0.29) is 30.0 Å². The van der Waals surface area contributed by atoms with Gasteiger partial charge in [-0.05, 0) is 44.4 Å². The van der Waals surface area contributed by atoms with Gasteiger partial charge in [-0.3, -0.25) is 4.79 Å². The summed E-state index contributed by atoms with van der Waals surface area (Å²) in [4.78, 5) is 31.6. The molecule has 2 N–H and O–H groups in total. The van der Waals surface area contributed by atoms with E-state index in [9.17, 15) is 9.59 Å². The molecule has 0 aromatic heterocycles. The molecule has 2 aliphatic rings. The number of rotatable bonds is 9. The first-order valence-electron chi connectivity index (χ1n) is 10.5. The van der Waals surface area contributed by atoms with Crippen molar-refractivity contribution in [3.63, 3.8) is 0 Å². The summed E-state index contributed by atoms with van der Waals surface area (Å²) < 4.78 is 10.3. The van der Waals surface area contributed by atoms with Crippen molar-refractivity contribution in [2.75, 3.05) is 60.6 Å². The van der Waals surface area contributed by atoms with Crippen LogP contribution in [0, 0.1) is 5.41 Å². The van der Waals surface area contributed by atoms with Gasteiger partial charge in [-0.25, -0.2) is 9.79 Å². The van der Waals surface area contributed by atoms with E-state index in [0.29, 0.717) is 25.7 Å². The number of carbonyl (C=O) groups excluding carboxylic acids is 2. The number of likely N-dealkylation sites (N-methyl/N-ethyl adjacent to an activating group) is 1. The summed E-state index contributed by atoms with van der Waals surface area (Å²) >= 11 is 0. The molecule has 1 aliphatic heterocycles. The first kappa shape index (κ1) is 23.3. The van der Waals surface area contributed by atoms with Gasteiger partial charge in [0.1, 0.15) is 6.54 Å². The predicted molar refractivity (Wildman–Crippen MR) is 112 cm³/mol. The van der Waals surface area contributed by atoms with Crippen LogP contribution in [0.3, 0.4) is 0 Å². The van der Waals surface area contributed by atoms with Crippen LogP contribution in [0.4, 0.5) is 4.79 Å². The Morgan fingerprint density at radius 2 is 1.93 bits per heavy atom. The number of nitrogens with one attached hydrogen (secondary N) is 2. The van der Waals surface area contributed by atoms with Crippen molar-refractivity contribution in [3.05, 3.63) is 0 Å². The third-order valence-corrected chi connectivity index (χ3v) is 5.66. The molecule has 0 unspecified atom stereocenters. The van der Waals surface area contributed by atoms with E-state index in [1.165, 1.54) is 12.8 Å². The molecule has 1 saturated carbocycles. The summed E-state index contributed by atoms with van der Waals surface area (Å²) in [7, 11) is 5.19. The van der Waals surface area contributed by atoms with Gasteiger partial charge in [0.2, 0.25) is 5.91 Å². The van der Waals surface area contributed by atoms with E-state index in [2.05, 4.69) is 15.6 Å². The number of hydrogen-bond acceptors (Lipinski definition) is 5. The zero-order chi connectivity index (χ0) is 21.3. The average Bonchev–Trinajstić information content (AvgIpc) is 3.49. The molecule has 0 radical (unpaired) electrons. The largest absolute Gasteiger partial charge is 0.450 e. The van der Waals surface area contributed by atoms with Crippen LogP contribution in [0.2, 0.25) is 0 Å². The molecule has 0 spiro atoms. The molecule has 166 valence electrons. The lowest BCUT2D eigenvalue weighted by Crippen LogP contribution is -2.51. The van der Waals surface area contributed by atoms with Crippen LogP contribution in [0.1, 0.15) is 39.0 Å². The molecule has 0 atom stereocenters. The SMILES string of the molecule is CCOC(=O)N1CCC(NC(=NCC(=O)N(C)C)NCC2(CCOC)CC2)CC1. The molecule has 1 heterocycles. The second-order valence-corrected chi connectivity index (χ2v) is 8.15. The predicted octanol–water partition coefficient (Wildman–Crippen LogP) is 1.05. The van der Waals surface area contributed by atoms with E-state index >= 15 is 0 Å². The van der Waals surface area contributed by atoms with Gasteiger partial charge in [0, 0.05) is 53.5 Å². The normalized spacial score (nSPS) is 18.9. The molecule has 2 amide bonds. The maximum Gasteiger partial charge on any atom is 0.409 e. The quantitative estimate of drug-likeness (QED) is 0.435. The minimum atomic E-state index is -0.247. The summed E-state index contributed by atoms with van der Waals surface area (Å²) in [5.41, 5.74) is 0.275. The molecule has 1 saturated heterocycles. The van der Waals surface area contributed by atoms with Crippen LogP contribution < -0.4 is 10.6 Å². The van der Waals surface area contributed by atoms with E-state index in [1.54, 1.807) is 31.0 Å². The summed E-state index contributed by atoms with van der Waals surface area (Å²) in [5.74, 6) is 0.627. The molecule has 0 aromatic rings. The molecular formula is C20H37N5O4. The second-order valence-electron chi connectivity index (χ2n) is 8.15. The fraction of sp³-hybridized carbons (Fsp3) is 0.850. The lowest BCUT2D eigenvalue weighted by Gasteiger charge is -2.32. The van der Waals surface area contributed by atoms with Gasteiger partial charge >= 0.3 is 6.09 Å². The maximum atomic E-state index is 12.0. The Hall–Kier alpha value is -2.03. The highest BCUT2D eigenvalue weighted by atomic mass is 16.6. The summed E-state index contributed by atoms with van der Waals surface area (Å²) in [6.07, 6.45) is 4.78. The highest BCUT2D eigenvalue weighted by Crippen LogP contribution is 2.48. The standard InChI is InChI=1S/C20H37N5O4/c1-5-29-19(27)25-11-6-16(7-12-25)23-18(21-14-17(26)24(2)3)22-15-20(8-9-20)10-13-28-4/h16H,5-15H2,1-4H3,(H2,21,22,23). The van der Waals surface area contributed by atoms with Gasteiger partial charge in [-0.2, -0.15) is 0 Å². The molecule has 2 fully saturated rings. The number of aliphatic imine (C=N–C) groups is 1. The van der Waals surface area contributed by atoms with Crippen LogP contribution in [0.15, 0.2) is 4.99 Å². The van der Waals surface area contributed by atoms with Crippen molar-refractivity contribution in [3.8, 4) is 0 Å². The van der Waals surface area contributed by atoms with Gasteiger partial charge in [0.05, 0.1) is 6.61 Å². The zero-order valence-electron chi connectivity index (χ0n) is 18.3. The van der Waals surface area contributed by atoms with Crippen molar-refractivity contribution >= 4 is 18.0 Å². The van der Waals surface area contributed by atoms with Gasteiger partial charge in [-0.1, -0.05) is 0 Å². The number of hydrogen-bond donors (Lipinski definition) is 2. The lowest BCUT2D eigenvalue weighted by atomic mass is 10.0. The number of piperidine rings is 1. The van der Waals surface area contributed by atoms with Crippen LogP contribution in [-0.4, -0.2) is 94.4 Å². The van der Waals surface area contributed by atoms with Crippen molar-refractivity contribution in [2.45, 2.75) is 45.1 Å². The first-order valence-corrected chi connectivity index (χ1v) is 10.5. The number of carbonyl (C=O) groups is 2. The zero-order valence-corrected chi connectivity index (χ0v) is 18.3. The number of amides is 2. The Balaban J connectivity index is 1.89. The average molecular weight is 412 g/mol. The monoisotopic (exact) mass is 411 g/mol. The Morgan fingerprint density at radius 1 is 1.24 bits per heavy atom. The minimum absolute atomic E-state index is 0.0382. The summed E-state index contributed by atoms with van der Waals surface area (Å²) in [6.45, 7) is 5.19. The maximum absolute atomic E-state index is 12.0. The number of methoxy groups -OCH3 is 1. The van der Waals surface area contributed by atoms with Gasteiger partial charge in [0.25, 0.3) is 0 Å². The Labute approximate surface area is 174 Å². The lowest BCUT2D eigenvalue weighted by molar-refractivity contribution is -0.127. The highest BCUT2D eigenvalue weighted by Gasteiger charge is 2.42. The smallest absolute Gasteiger partial charge is 0.409 e. The molecule has 0 bridgehead atoms. The Morgan fingerprint density at radius 3 is 2.48 bits per heavy atom. The van der Waals surface area contributed by atoms with Crippen LogP contribution >= 0.6 is 0 Å². The Kier molecular flexibility index (Phi) is 9.00. The highest BCUT2D eigenvalue weighted by molar-refractivity contribution is 5.85. The van der Waals surface area contributed by atoms with Crippen molar-refractivity contribution in [1.82, 2.24) is 20.4 Å². The van der Waals surface area contributed by atoms with Crippen LogP contribution in [-0.2, 0) is 14.3 Å². The Bertz CT molecular complexity index is 569. The van der Waals surface area contributed by atoms with Gasteiger partial charge < -0.3 is 29.9 Å². The van der Waals surface area contributed by atoms with E-state index in [1.807, 2.05) is 6.92 Å². The number of ether oxygens (including phenoxy) is 2. The van der Waals surface area contributed by atoms with Crippen molar-refractivity contribution in [1.29, 1.82) is 0 Å². The fourth-order valence-electron chi connectivity index (χ4n) is 3.34. The molecule has 9 heteroatoms. The molecule has 2 rings (SSSR count). The molecule has 1 aliphatic carbocycles. The fourth-order valence-corrected chi connectivity index (χ4v) is 3.34. The number of guanidine groups is 1. The van der Waals surface area contributed by atoms with E-state index in [4.69, 9.17) is 9.47 Å². The third kappa shape index (κ3) is 7.72. The topological polar surface area (TPSA) is 95.5 Å². The molecule has 29 heavy (non-hydrogen) atoms. The van der Waals surface area contributed by atoms with Crippen molar-refractivity contribution < 1.29 is 19.1 Å². The number of likely N-dealkylation sites (tertiary alicyclic amines) is 1. The molecule has 9 nitrogen and oxygen atoms in total. The number of nitrogens with zero attached hydrogens (tertiary/aromatic N) is 3. The van der Waals surface area contributed by atoms with E-state index < -0.39 is 0 Å².